The summed E-state index contributed by atoms with van der Waals surface area (Å²) in [6.45, 7) is 2.84. The molecule has 0 aliphatic heterocycles. The van der Waals surface area contributed by atoms with Crippen LogP contribution in [0.25, 0.3) is 11.1 Å². The quantitative estimate of drug-likeness (QED) is 0.650. The lowest BCUT2D eigenvalue weighted by molar-refractivity contribution is -0.121. The molecule has 3 aromatic rings. The Morgan fingerprint density at radius 2 is 2.04 bits per heavy atom. The maximum atomic E-state index is 11.9. The van der Waals surface area contributed by atoms with Crippen molar-refractivity contribution in [1.29, 1.82) is 0 Å². The molecule has 3 rings (SSSR count). The third-order valence-electron chi connectivity index (χ3n) is 3.66. The molecule has 0 unspecified atom stereocenters. The minimum Gasteiger partial charge on any atom is -0.492 e. The molecule has 25 heavy (non-hydrogen) atoms. The van der Waals surface area contributed by atoms with Crippen molar-refractivity contribution in [3.8, 4) is 5.75 Å². The van der Waals surface area contributed by atoms with E-state index in [2.05, 4.69) is 10.3 Å². The van der Waals surface area contributed by atoms with Gasteiger partial charge in [0, 0.05) is 17.9 Å². The number of aryl methyl sites for hydroxylation is 2. The number of fused-ring (bicyclic) bond motifs is 1. The predicted octanol–water partition coefficient (Wildman–Crippen LogP) is 3.92. The van der Waals surface area contributed by atoms with Crippen LogP contribution in [0.1, 0.15) is 17.9 Å². The van der Waals surface area contributed by atoms with Gasteiger partial charge in [-0.1, -0.05) is 17.7 Å². The number of halogens is 1. The van der Waals surface area contributed by atoms with E-state index in [1.54, 1.807) is 24.3 Å². The van der Waals surface area contributed by atoms with Gasteiger partial charge in [-0.15, -0.1) is 0 Å². The zero-order chi connectivity index (χ0) is 17.6. The molecular weight excluding hydrogens is 340 g/mol. The van der Waals surface area contributed by atoms with Gasteiger partial charge in [-0.25, -0.2) is 4.98 Å². The van der Waals surface area contributed by atoms with E-state index in [4.69, 9.17) is 20.8 Å². The van der Waals surface area contributed by atoms with Crippen LogP contribution < -0.4 is 10.1 Å². The fourth-order valence-corrected chi connectivity index (χ4v) is 2.52. The summed E-state index contributed by atoms with van der Waals surface area (Å²) in [6.07, 6.45) is 0.796. The van der Waals surface area contributed by atoms with E-state index < -0.39 is 0 Å². The molecular formula is C19H19ClN2O3. The SMILES string of the molecule is Cc1ccc2oc(CCC(=O)NCCOc3ccc(Cl)cc3)nc2c1. The highest BCUT2D eigenvalue weighted by atomic mass is 35.5. The molecule has 0 radical (unpaired) electrons. The Morgan fingerprint density at radius 1 is 1.24 bits per heavy atom. The molecule has 130 valence electrons. The van der Waals surface area contributed by atoms with Gasteiger partial charge in [0.2, 0.25) is 5.91 Å². The van der Waals surface area contributed by atoms with E-state index in [0.717, 1.165) is 22.4 Å². The van der Waals surface area contributed by atoms with Gasteiger partial charge in [0.05, 0.1) is 6.54 Å². The number of amides is 1. The van der Waals surface area contributed by atoms with Crippen molar-refractivity contribution in [1.82, 2.24) is 10.3 Å². The Bertz CT molecular complexity index is 859. The molecule has 0 atom stereocenters. The van der Waals surface area contributed by atoms with Crippen LogP contribution in [0, 0.1) is 6.92 Å². The Balaban J connectivity index is 1.39. The van der Waals surface area contributed by atoms with Crippen molar-refractivity contribution in [2.24, 2.45) is 0 Å². The average molecular weight is 359 g/mol. The summed E-state index contributed by atoms with van der Waals surface area (Å²) < 4.78 is 11.2. The second-order valence-electron chi connectivity index (χ2n) is 5.73. The number of carbonyl (C=O) groups excluding carboxylic acids is 1. The molecule has 1 amide bonds. The van der Waals surface area contributed by atoms with Crippen molar-refractivity contribution < 1.29 is 13.9 Å². The van der Waals surface area contributed by atoms with Crippen LogP contribution in [0.4, 0.5) is 0 Å². The van der Waals surface area contributed by atoms with Crippen molar-refractivity contribution in [2.75, 3.05) is 13.2 Å². The molecule has 0 aliphatic carbocycles. The zero-order valence-corrected chi connectivity index (χ0v) is 14.7. The molecule has 0 saturated carbocycles. The number of aromatic nitrogens is 1. The first-order chi connectivity index (χ1) is 12.1. The second-order valence-corrected chi connectivity index (χ2v) is 6.17. The van der Waals surface area contributed by atoms with Gasteiger partial charge in [0.1, 0.15) is 17.9 Å². The number of ether oxygens (including phenoxy) is 1. The predicted molar refractivity (Wildman–Crippen MR) is 97.0 cm³/mol. The minimum absolute atomic E-state index is 0.0573. The van der Waals surface area contributed by atoms with Crippen molar-refractivity contribution in [2.45, 2.75) is 19.8 Å². The fraction of sp³-hybridized carbons (Fsp3) is 0.263. The standard InChI is InChI=1S/C19H19ClN2O3/c1-13-2-7-17-16(12-13)22-19(25-17)9-8-18(23)21-10-11-24-15-5-3-14(20)4-6-15/h2-7,12H,8-11H2,1H3,(H,21,23). The molecule has 0 aliphatic rings. The van der Waals surface area contributed by atoms with Crippen LogP contribution in [0.5, 0.6) is 5.75 Å². The van der Waals surface area contributed by atoms with Gasteiger partial charge in [0.15, 0.2) is 11.5 Å². The number of hydrogen-bond acceptors (Lipinski definition) is 4. The van der Waals surface area contributed by atoms with E-state index in [-0.39, 0.29) is 5.91 Å². The van der Waals surface area contributed by atoms with E-state index in [1.165, 1.54) is 0 Å². The summed E-state index contributed by atoms with van der Waals surface area (Å²) in [5.41, 5.74) is 2.70. The first-order valence-electron chi connectivity index (χ1n) is 8.11. The minimum atomic E-state index is -0.0573. The summed E-state index contributed by atoms with van der Waals surface area (Å²) in [5.74, 6) is 1.24. The molecule has 5 nitrogen and oxygen atoms in total. The van der Waals surface area contributed by atoms with Gasteiger partial charge in [-0.3, -0.25) is 4.79 Å². The number of hydrogen-bond donors (Lipinski definition) is 1. The summed E-state index contributed by atoms with van der Waals surface area (Å²) in [7, 11) is 0. The number of oxazole rings is 1. The highest BCUT2D eigenvalue weighted by molar-refractivity contribution is 6.30. The molecule has 0 saturated heterocycles. The first kappa shape index (κ1) is 17.3. The Hall–Kier alpha value is -2.53. The molecule has 1 aromatic heterocycles. The summed E-state index contributed by atoms with van der Waals surface area (Å²) in [5, 5.41) is 3.48. The molecule has 0 bridgehead atoms. The van der Waals surface area contributed by atoms with Crippen LogP contribution in [0.15, 0.2) is 46.9 Å². The van der Waals surface area contributed by atoms with Gasteiger partial charge < -0.3 is 14.5 Å². The third kappa shape index (κ3) is 4.97. The van der Waals surface area contributed by atoms with E-state index in [0.29, 0.717) is 36.9 Å². The van der Waals surface area contributed by atoms with Gasteiger partial charge in [-0.05, 0) is 48.9 Å². The van der Waals surface area contributed by atoms with Gasteiger partial charge in [-0.2, -0.15) is 0 Å². The summed E-state index contributed by atoms with van der Waals surface area (Å²) in [4.78, 5) is 16.3. The van der Waals surface area contributed by atoms with Crippen LogP contribution in [-0.4, -0.2) is 24.0 Å². The van der Waals surface area contributed by atoms with Crippen molar-refractivity contribution >= 4 is 28.6 Å². The smallest absolute Gasteiger partial charge is 0.220 e. The zero-order valence-electron chi connectivity index (χ0n) is 13.9. The van der Waals surface area contributed by atoms with Crippen LogP contribution in [0.2, 0.25) is 5.02 Å². The molecule has 6 heteroatoms. The van der Waals surface area contributed by atoms with E-state index in [9.17, 15) is 4.79 Å². The highest BCUT2D eigenvalue weighted by Crippen LogP contribution is 2.18. The number of rotatable bonds is 7. The fourth-order valence-electron chi connectivity index (χ4n) is 2.39. The normalized spacial score (nSPS) is 10.8. The number of nitrogens with one attached hydrogen (secondary N) is 1. The van der Waals surface area contributed by atoms with Crippen LogP contribution >= 0.6 is 11.6 Å². The van der Waals surface area contributed by atoms with E-state index in [1.807, 2.05) is 25.1 Å². The van der Waals surface area contributed by atoms with Gasteiger partial charge in [0.25, 0.3) is 0 Å². The molecule has 1 N–H and O–H groups in total. The Labute approximate surface area is 151 Å². The Kier molecular flexibility index (Phi) is 5.56. The molecule has 0 spiro atoms. The topological polar surface area (TPSA) is 64.4 Å². The maximum absolute atomic E-state index is 11.9. The van der Waals surface area contributed by atoms with Crippen molar-refractivity contribution in [3.63, 3.8) is 0 Å². The lowest BCUT2D eigenvalue weighted by atomic mass is 10.2. The molecule has 2 aromatic carbocycles. The highest BCUT2D eigenvalue weighted by Gasteiger charge is 2.08. The molecule has 0 fully saturated rings. The monoisotopic (exact) mass is 358 g/mol. The number of nitrogens with zero attached hydrogens (tertiary/aromatic N) is 1. The third-order valence-corrected chi connectivity index (χ3v) is 3.91. The summed E-state index contributed by atoms with van der Waals surface area (Å²) in [6, 6.07) is 12.9. The van der Waals surface area contributed by atoms with E-state index >= 15 is 0 Å². The van der Waals surface area contributed by atoms with Crippen molar-refractivity contribution in [3.05, 3.63) is 58.9 Å². The van der Waals surface area contributed by atoms with Crippen LogP contribution in [-0.2, 0) is 11.2 Å². The summed E-state index contributed by atoms with van der Waals surface area (Å²) >= 11 is 5.81. The first-order valence-corrected chi connectivity index (χ1v) is 8.49. The van der Waals surface area contributed by atoms with Gasteiger partial charge >= 0.3 is 0 Å². The maximum Gasteiger partial charge on any atom is 0.220 e. The largest absolute Gasteiger partial charge is 0.492 e. The Morgan fingerprint density at radius 3 is 2.84 bits per heavy atom. The number of benzene rings is 2. The number of carbonyl (C=O) groups is 1. The average Bonchev–Trinajstić information content (AvgIpc) is 3.00. The van der Waals surface area contributed by atoms with Crippen LogP contribution in [0.3, 0.4) is 0 Å². The molecule has 1 heterocycles. The lowest BCUT2D eigenvalue weighted by Gasteiger charge is -2.07. The lowest BCUT2D eigenvalue weighted by Crippen LogP contribution is -2.28. The second kappa shape index (κ2) is 8.03.